The molecule has 0 spiro atoms. The number of nitrogens with one attached hydrogen (secondary N) is 1. The molecule has 0 aliphatic rings. The van der Waals surface area contributed by atoms with Crippen molar-refractivity contribution < 1.29 is 4.42 Å². The van der Waals surface area contributed by atoms with E-state index >= 15 is 0 Å². The first kappa shape index (κ1) is 10.6. The minimum atomic E-state index is 0.660. The second kappa shape index (κ2) is 4.73. The number of halogens is 2. The van der Waals surface area contributed by atoms with Gasteiger partial charge in [0.15, 0.2) is 0 Å². The molecule has 1 N–H and O–H groups in total. The first-order chi connectivity index (χ1) is 7.25. The molecule has 78 valence electrons. The molecule has 1 aromatic heterocycles. The summed E-state index contributed by atoms with van der Waals surface area (Å²) >= 11 is 9.27. The van der Waals surface area contributed by atoms with Crippen LogP contribution in [0.1, 0.15) is 5.76 Å². The summed E-state index contributed by atoms with van der Waals surface area (Å²) < 4.78 is 6.16. The van der Waals surface area contributed by atoms with Crippen LogP contribution in [0.5, 0.6) is 0 Å². The number of benzene rings is 1. The Bertz CT molecular complexity index is 442. The molecule has 0 radical (unpaired) electrons. The van der Waals surface area contributed by atoms with Gasteiger partial charge in [0.05, 0.1) is 12.8 Å². The lowest BCUT2D eigenvalue weighted by Crippen LogP contribution is -1.98. The van der Waals surface area contributed by atoms with Crippen LogP contribution in [-0.2, 0) is 6.54 Å². The Hall–Kier alpha value is -0.930. The summed E-state index contributed by atoms with van der Waals surface area (Å²) in [6.45, 7) is 0.660. The fourth-order valence-electron chi connectivity index (χ4n) is 1.23. The predicted octanol–water partition coefficient (Wildman–Crippen LogP) is 4.31. The van der Waals surface area contributed by atoms with Crippen molar-refractivity contribution in [1.29, 1.82) is 0 Å². The molecule has 0 amide bonds. The summed E-state index contributed by atoms with van der Waals surface area (Å²) in [7, 11) is 0. The molecule has 2 nitrogen and oxygen atoms in total. The third-order valence-electron chi connectivity index (χ3n) is 1.96. The van der Waals surface area contributed by atoms with Gasteiger partial charge < -0.3 is 9.73 Å². The second-order valence-corrected chi connectivity index (χ2v) is 4.35. The number of anilines is 1. The van der Waals surface area contributed by atoms with Crippen molar-refractivity contribution in [3.05, 3.63) is 51.9 Å². The molecule has 0 aliphatic heterocycles. The van der Waals surface area contributed by atoms with E-state index in [1.807, 2.05) is 30.3 Å². The molecule has 2 rings (SSSR count). The van der Waals surface area contributed by atoms with Gasteiger partial charge in [0.2, 0.25) is 0 Å². The van der Waals surface area contributed by atoms with Crippen LogP contribution >= 0.6 is 27.5 Å². The number of hydrogen-bond donors (Lipinski definition) is 1. The lowest BCUT2D eigenvalue weighted by Gasteiger charge is -2.06. The van der Waals surface area contributed by atoms with Crippen LogP contribution in [0.3, 0.4) is 0 Å². The Morgan fingerprint density at radius 1 is 1.33 bits per heavy atom. The van der Waals surface area contributed by atoms with Crippen LogP contribution in [0.25, 0.3) is 0 Å². The molecule has 0 saturated heterocycles. The summed E-state index contributed by atoms with van der Waals surface area (Å²) in [6.07, 6.45) is 1.66. The van der Waals surface area contributed by atoms with Gasteiger partial charge in [-0.25, -0.2) is 0 Å². The summed E-state index contributed by atoms with van der Waals surface area (Å²) in [5.41, 5.74) is 0.996. The molecule has 0 bridgehead atoms. The monoisotopic (exact) mass is 285 g/mol. The van der Waals surface area contributed by atoms with Crippen molar-refractivity contribution in [2.45, 2.75) is 6.54 Å². The van der Waals surface area contributed by atoms with E-state index in [-0.39, 0.29) is 0 Å². The Kier molecular flexibility index (Phi) is 3.34. The van der Waals surface area contributed by atoms with Crippen LogP contribution in [0.2, 0.25) is 5.02 Å². The van der Waals surface area contributed by atoms with Crippen LogP contribution in [0, 0.1) is 0 Å². The summed E-state index contributed by atoms with van der Waals surface area (Å²) in [5.74, 6) is 0.900. The van der Waals surface area contributed by atoms with Gasteiger partial charge in [-0.15, -0.1) is 0 Å². The molecule has 0 aliphatic carbocycles. The zero-order valence-corrected chi connectivity index (χ0v) is 10.2. The standard InChI is InChI=1S/C11H9BrClNO/c12-10-6-8(13)3-4-11(10)14-7-9-2-1-5-15-9/h1-6,14H,7H2. The molecular weight excluding hydrogens is 277 g/mol. The Morgan fingerprint density at radius 3 is 2.87 bits per heavy atom. The second-order valence-electron chi connectivity index (χ2n) is 3.06. The molecule has 2 aromatic rings. The van der Waals surface area contributed by atoms with Gasteiger partial charge >= 0.3 is 0 Å². The van der Waals surface area contributed by atoms with Crippen LogP contribution in [-0.4, -0.2) is 0 Å². The molecule has 15 heavy (non-hydrogen) atoms. The zero-order chi connectivity index (χ0) is 10.7. The highest BCUT2D eigenvalue weighted by Crippen LogP contribution is 2.26. The zero-order valence-electron chi connectivity index (χ0n) is 7.84. The number of hydrogen-bond acceptors (Lipinski definition) is 2. The largest absolute Gasteiger partial charge is 0.467 e. The molecule has 4 heteroatoms. The van der Waals surface area contributed by atoms with Gasteiger partial charge in [-0.05, 0) is 46.3 Å². The third kappa shape index (κ3) is 2.76. The highest BCUT2D eigenvalue weighted by atomic mass is 79.9. The first-order valence-electron chi connectivity index (χ1n) is 4.47. The average Bonchev–Trinajstić information content (AvgIpc) is 2.69. The van der Waals surface area contributed by atoms with E-state index in [2.05, 4.69) is 21.2 Å². The lowest BCUT2D eigenvalue weighted by atomic mass is 10.3. The van der Waals surface area contributed by atoms with Crippen LogP contribution in [0.15, 0.2) is 45.5 Å². The van der Waals surface area contributed by atoms with Crippen molar-refractivity contribution in [1.82, 2.24) is 0 Å². The highest BCUT2D eigenvalue weighted by molar-refractivity contribution is 9.10. The molecule has 0 atom stereocenters. The van der Waals surface area contributed by atoms with Gasteiger partial charge in [-0.3, -0.25) is 0 Å². The third-order valence-corrected chi connectivity index (χ3v) is 2.86. The minimum Gasteiger partial charge on any atom is -0.467 e. The Balaban J connectivity index is 2.05. The molecular formula is C11H9BrClNO. The van der Waals surface area contributed by atoms with Crippen molar-refractivity contribution in [3.63, 3.8) is 0 Å². The number of furan rings is 1. The molecule has 0 fully saturated rings. The van der Waals surface area contributed by atoms with Crippen molar-refractivity contribution >= 4 is 33.2 Å². The number of rotatable bonds is 3. The molecule has 0 unspecified atom stereocenters. The molecule has 0 saturated carbocycles. The van der Waals surface area contributed by atoms with Crippen LogP contribution < -0.4 is 5.32 Å². The SMILES string of the molecule is Clc1ccc(NCc2ccco2)c(Br)c1. The quantitative estimate of drug-likeness (QED) is 0.909. The van der Waals surface area contributed by atoms with E-state index in [9.17, 15) is 0 Å². The molecule has 1 aromatic carbocycles. The average molecular weight is 287 g/mol. The molecule has 1 heterocycles. The topological polar surface area (TPSA) is 25.2 Å². The fourth-order valence-corrected chi connectivity index (χ4v) is 2.05. The van der Waals surface area contributed by atoms with E-state index in [0.29, 0.717) is 11.6 Å². The Labute approximate surface area is 101 Å². The van der Waals surface area contributed by atoms with Gasteiger partial charge in [-0.1, -0.05) is 11.6 Å². The van der Waals surface area contributed by atoms with Gasteiger partial charge in [0.1, 0.15) is 5.76 Å². The maximum Gasteiger partial charge on any atom is 0.122 e. The first-order valence-corrected chi connectivity index (χ1v) is 5.64. The van der Waals surface area contributed by atoms with E-state index in [1.54, 1.807) is 6.26 Å². The van der Waals surface area contributed by atoms with Gasteiger partial charge in [0.25, 0.3) is 0 Å². The summed E-state index contributed by atoms with van der Waals surface area (Å²) in [4.78, 5) is 0. The smallest absolute Gasteiger partial charge is 0.122 e. The van der Waals surface area contributed by atoms with E-state index in [4.69, 9.17) is 16.0 Å². The van der Waals surface area contributed by atoms with Gasteiger partial charge in [-0.2, -0.15) is 0 Å². The van der Waals surface area contributed by atoms with E-state index in [0.717, 1.165) is 15.9 Å². The lowest BCUT2D eigenvalue weighted by molar-refractivity contribution is 0.518. The highest BCUT2D eigenvalue weighted by Gasteiger charge is 2.01. The maximum absolute atomic E-state index is 5.84. The van der Waals surface area contributed by atoms with Crippen molar-refractivity contribution in [3.8, 4) is 0 Å². The predicted molar refractivity (Wildman–Crippen MR) is 65.2 cm³/mol. The Morgan fingerprint density at radius 2 is 2.20 bits per heavy atom. The normalized spacial score (nSPS) is 10.3. The van der Waals surface area contributed by atoms with Crippen molar-refractivity contribution in [2.24, 2.45) is 0 Å². The minimum absolute atomic E-state index is 0.660. The maximum atomic E-state index is 5.84. The van der Waals surface area contributed by atoms with Crippen molar-refractivity contribution in [2.75, 3.05) is 5.32 Å². The van der Waals surface area contributed by atoms with E-state index in [1.165, 1.54) is 0 Å². The summed E-state index contributed by atoms with van der Waals surface area (Å²) in [6, 6.07) is 9.42. The van der Waals surface area contributed by atoms with Gasteiger partial charge in [0, 0.05) is 15.2 Å². The summed E-state index contributed by atoms with van der Waals surface area (Å²) in [5, 5.41) is 3.96. The fraction of sp³-hybridized carbons (Fsp3) is 0.0909. The van der Waals surface area contributed by atoms with Crippen LogP contribution in [0.4, 0.5) is 5.69 Å². The van der Waals surface area contributed by atoms with E-state index < -0.39 is 0 Å².